The van der Waals surface area contributed by atoms with E-state index < -0.39 is 17.7 Å². The van der Waals surface area contributed by atoms with Crippen molar-refractivity contribution in [3.05, 3.63) is 48.0 Å². The fraction of sp³-hybridized carbons (Fsp3) is 0.400. The predicted molar refractivity (Wildman–Crippen MR) is 126 cm³/mol. The van der Waals surface area contributed by atoms with Crippen LogP contribution in [0.2, 0.25) is 0 Å². The third-order valence-corrected chi connectivity index (χ3v) is 6.62. The summed E-state index contributed by atoms with van der Waals surface area (Å²) in [6.45, 7) is 1.54. The molecule has 5 rings (SSSR count). The van der Waals surface area contributed by atoms with Crippen molar-refractivity contribution in [3.8, 4) is 22.8 Å². The van der Waals surface area contributed by atoms with E-state index >= 15 is 0 Å². The average molecular weight is 502 g/mol. The highest BCUT2D eigenvalue weighted by Gasteiger charge is 2.36. The summed E-state index contributed by atoms with van der Waals surface area (Å²) in [5.41, 5.74) is 1.03. The van der Waals surface area contributed by atoms with Gasteiger partial charge in [-0.15, -0.1) is 0 Å². The van der Waals surface area contributed by atoms with Crippen molar-refractivity contribution < 1.29 is 32.3 Å². The molecule has 3 aromatic rings. The monoisotopic (exact) mass is 502 g/mol. The number of carboxylic acids is 1. The molecule has 190 valence electrons. The first-order valence-electron chi connectivity index (χ1n) is 11.8. The molecule has 1 saturated carbocycles. The lowest BCUT2D eigenvalue weighted by atomic mass is 10.1. The van der Waals surface area contributed by atoms with Crippen molar-refractivity contribution in [2.24, 2.45) is 5.92 Å². The Morgan fingerprint density at radius 3 is 2.44 bits per heavy atom. The number of nitrogens with zero attached hydrogens (tertiary/aromatic N) is 3. The summed E-state index contributed by atoms with van der Waals surface area (Å²) in [5, 5.41) is 16.4. The number of anilines is 2. The lowest BCUT2D eigenvalue weighted by molar-refractivity contribution is -0.141. The normalized spacial score (nSPS) is 20.5. The Morgan fingerprint density at radius 2 is 1.78 bits per heavy atom. The van der Waals surface area contributed by atoms with Crippen molar-refractivity contribution in [2.45, 2.75) is 31.5 Å². The number of aromatic nitrogens is 2. The SMILES string of the molecule is O=C(O)[C@@H]1CC[C@H](Nc2ccc(-c3nc(-c4ccc(N5CCOCC5)c(C(F)(F)F)c4)no3)cc2)C1. The highest BCUT2D eigenvalue weighted by Crippen LogP contribution is 2.39. The van der Waals surface area contributed by atoms with Crippen LogP contribution in [0.5, 0.6) is 0 Å². The van der Waals surface area contributed by atoms with Gasteiger partial charge in [0.2, 0.25) is 5.82 Å². The number of nitrogens with one attached hydrogen (secondary N) is 1. The second-order valence-corrected chi connectivity index (χ2v) is 9.02. The van der Waals surface area contributed by atoms with E-state index in [9.17, 15) is 18.0 Å². The molecule has 2 N–H and O–H groups in total. The Labute approximate surface area is 205 Å². The number of morpholine rings is 1. The van der Waals surface area contributed by atoms with E-state index in [-0.39, 0.29) is 34.9 Å². The van der Waals surface area contributed by atoms with E-state index in [1.807, 2.05) is 12.1 Å². The number of ether oxygens (including phenoxy) is 1. The van der Waals surface area contributed by atoms with Gasteiger partial charge in [-0.2, -0.15) is 18.2 Å². The van der Waals surface area contributed by atoms with Gasteiger partial charge in [0.1, 0.15) is 0 Å². The Kier molecular flexibility index (Phi) is 6.57. The van der Waals surface area contributed by atoms with Gasteiger partial charge in [0.25, 0.3) is 5.89 Å². The molecular weight excluding hydrogens is 477 g/mol. The molecule has 1 saturated heterocycles. The zero-order valence-corrected chi connectivity index (χ0v) is 19.3. The average Bonchev–Trinajstić information content (AvgIpc) is 3.55. The van der Waals surface area contributed by atoms with Gasteiger partial charge in [-0.25, -0.2) is 0 Å². The van der Waals surface area contributed by atoms with Crippen LogP contribution in [0.4, 0.5) is 24.5 Å². The molecule has 0 unspecified atom stereocenters. The molecule has 11 heteroatoms. The van der Waals surface area contributed by atoms with Crippen LogP contribution in [0.25, 0.3) is 22.8 Å². The molecular formula is C25H25F3N4O4. The van der Waals surface area contributed by atoms with E-state index in [4.69, 9.17) is 14.4 Å². The fourth-order valence-electron chi connectivity index (χ4n) is 4.72. The Hall–Kier alpha value is -3.60. The lowest BCUT2D eigenvalue weighted by Crippen LogP contribution is -2.37. The maximum absolute atomic E-state index is 13.9. The number of hydrogen-bond donors (Lipinski definition) is 2. The minimum absolute atomic E-state index is 0.0666. The first-order chi connectivity index (χ1) is 17.3. The fourth-order valence-corrected chi connectivity index (χ4v) is 4.72. The quantitative estimate of drug-likeness (QED) is 0.490. The zero-order valence-electron chi connectivity index (χ0n) is 19.3. The van der Waals surface area contributed by atoms with E-state index in [1.54, 1.807) is 23.1 Å². The Bertz CT molecular complexity index is 1220. The van der Waals surface area contributed by atoms with E-state index in [1.165, 1.54) is 6.07 Å². The molecule has 36 heavy (non-hydrogen) atoms. The molecule has 2 fully saturated rings. The highest BCUT2D eigenvalue weighted by atomic mass is 19.4. The summed E-state index contributed by atoms with van der Waals surface area (Å²) in [6.07, 6.45) is -2.52. The van der Waals surface area contributed by atoms with Crippen molar-refractivity contribution in [1.29, 1.82) is 0 Å². The van der Waals surface area contributed by atoms with Gasteiger partial charge < -0.3 is 24.6 Å². The van der Waals surface area contributed by atoms with E-state index in [0.717, 1.165) is 18.2 Å². The van der Waals surface area contributed by atoms with Crippen LogP contribution in [-0.4, -0.2) is 53.6 Å². The molecule has 2 aromatic carbocycles. The summed E-state index contributed by atoms with van der Waals surface area (Å²) >= 11 is 0. The molecule has 8 nitrogen and oxygen atoms in total. The molecule has 1 aliphatic heterocycles. The summed E-state index contributed by atoms with van der Waals surface area (Å²) < 4.78 is 52.2. The van der Waals surface area contributed by atoms with Crippen molar-refractivity contribution in [3.63, 3.8) is 0 Å². The van der Waals surface area contributed by atoms with Crippen molar-refractivity contribution in [2.75, 3.05) is 36.5 Å². The molecule has 0 spiro atoms. The van der Waals surface area contributed by atoms with Crippen LogP contribution in [0.1, 0.15) is 24.8 Å². The third-order valence-electron chi connectivity index (χ3n) is 6.62. The van der Waals surface area contributed by atoms with Gasteiger partial charge >= 0.3 is 12.1 Å². The topological polar surface area (TPSA) is 101 Å². The number of carbonyl (C=O) groups is 1. The first kappa shape index (κ1) is 24.1. The smallest absolute Gasteiger partial charge is 0.418 e. The van der Waals surface area contributed by atoms with Crippen LogP contribution in [-0.2, 0) is 15.7 Å². The summed E-state index contributed by atoms with van der Waals surface area (Å²) in [6, 6.07) is 11.3. The molecule has 0 bridgehead atoms. The first-order valence-corrected chi connectivity index (χ1v) is 11.8. The number of rotatable bonds is 6. The van der Waals surface area contributed by atoms with Crippen LogP contribution in [0.15, 0.2) is 47.0 Å². The Balaban J connectivity index is 1.32. The van der Waals surface area contributed by atoms with Crippen LogP contribution in [0, 0.1) is 5.92 Å². The highest BCUT2D eigenvalue weighted by molar-refractivity contribution is 5.71. The second kappa shape index (κ2) is 9.81. The molecule has 0 amide bonds. The minimum Gasteiger partial charge on any atom is -0.481 e. The minimum atomic E-state index is -4.54. The van der Waals surface area contributed by atoms with Crippen LogP contribution in [0.3, 0.4) is 0 Å². The van der Waals surface area contributed by atoms with Gasteiger partial charge in [-0.1, -0.05) is 5.16 Å². The number of carboxylic acid groups (broad SMARTS) is 1. The van der Waals surface area contributed by atoms with Crippen molar-refractivity contribution >= 4 is 17.3 Å². The van der Waals surface area contributed by atoms with E-state index in [2.05, 4.69) is 15.5 Å². The second-order valence-electron chi connectivity index (χ2n) is 9.02. The van der Waals surface area contributed by atoms with Crippen LogP contribution >= 0.6 is 0 Å². The lowest BCUT2D eigenvalue weighted by Gasteiger charge is -2.31. The molecule has 1 aliphatic carbocycles. The van der Waals surface area contributed by atoms with Gasteiger partial charge in [-0.05, 0) is 61.7 Å². The van der Waals surface area contributed by atoms with Gasteiger partial charge in [-0.3, -0.25) is 4.79 Å². The standard InChI is InChI=1S/C25H25F3N4O4/c26-25(27,28)20-14-16(4-8-21(20)32-9-11-35-12-10-32)22-30-23(36-31-22)15-1-5-18(6-2-15)29-19-7-3-17(13-19)24(33)34/h1-2,4-6,8,14,17,19,29H,3,7,9-13H2,(H,33,34)/t17-,19+/m1/s1. The summed E-state index contributed by atoms with van der Waals surface area (Å²) in [5.74, 6) is -0.828. The van der Waals surface area contributed by atoms with Gasteiger partial charge in [0, 0.05) is 41.6 Å². The number of hydrogen-bond acceptors (Lipinski definition) is 7. The summed E-state index contributed by atoms with van der Waals surface area (Å²) in [4.78, 5) is 17.1. The molecule has 1 aromatic heterocycles. The Morgan fingerprint density at radius 1 is 1.06 bits per heavy atom. The van der Waals surface area contributed by atoms with E-state index in [0.29, 0.717) is 44.7 Å². The third kappa shape index (κ3) is 5.15. The molecule has 2 aliphatic rings. The number of alkyl halides is 3. The van der Waals surface area contributed by atoms with Gasteiger partial charge in [0.05, 0.1) is 24.7 Å². The largest absolute Gasteiger partial charge is 0.481 e. The molecule has 2 atom stereocenters. The zero-order chi connectivity index (χ0) is 25.3. The summed E-state index contributed by atoms with van der Waals surface area (Å²) in [7, 11) is 0. The predicted octanol–water partition coefficient (Wildman–Crippen LogP) is 4.92. The van der Waals surface area contributed by atoms with Crippen molar-refractivity contribution in [1.82, 2.24) is 10.1 Å². The molecule has 0 radical (unpaired) electrons. The number of benzene rings is 2. The molecule has 2 heterocycles. The number of halogens is 3. The maximum Gasteiger partial charge on any atom is 0.418 e. The number of aliphatic carboxylic acids is 1. The van der Waals surface area contributed by atoms with Crippen LogP contribution < -0.4 is 10.2 Å². The van der Waals surface area contributed by atoms with Gasteiger partial charge in [0.15, 0.2) is 0 Å². The maximum atomic E-state index is 13.9.